The Bertz CT molecular complexity index is 1210. The minimum atomic E-state index is -0.909. The van der Waals surface area contributed by atoms with Crippen molar-refractivity contribution in [2.45, 2.75) is 23.5 Å². The molecule has 2 N–H and O–H groups in total. The summed E-state index contributed by atoms with van der Waals surface area (Å²) < 4.78 is 0. The van der Waals surface area contributed by atoms with Crippen molar-refractivity contribution >= 4 is 35.0 Å². The first-order chi connectivity index (χ1) is 14.9. The lowest BCUT2D eigenvalue weighted by atomic mass is 9.78. The van der Waals surface area contributed by atoms with Crippen LogP contribution in [0.3, 0.4) is 0 Å². The maximum atomic E-state index is 13.3. The molecule has 31 heavy (non-hydrogen) atoms. The molecule has 1 aliphatic rings. The molecular formula is C22H20N6OS2. The second-order valence-electron chi connectivity index (χ2n) is 7.34. The lowest BCUT2D eigenvalue weighted by Gasteiger charge is -2.39. The summed E-state index contributed by atoms with van der Waals surface area (Å²) in [5.74, 6) is -0.596. The van der Waals surface area contributed by atoms with Gasteiger partial charge in [-0.25, -0.2) is 15.0 Å². The fourth-order valence-corrected chi connectivity index (χ4v) is 5.06. The van der Waals surface area contributed by atoms with Crippen molar-refractivity contribution in [1.29, 1.82) is 5.26 Å². The quantitative estimate of drug-likeness (QED) is 0.483. The lowest BCUT2D eigenvalue weighted by molar-refractivity contribution is -0.130. The number of guanidine groups is 1. The van der Waals surface area contributed by atoms with Crippen LogP contribution in [0.1, 0.15) is 28.8 Å². The topological polar surface area (TPSA) is 108 Å². The van der Waals surface area contributed by atoms with E-state index in [0.717, 1.165) is 16.0 Å². The SMILES string of the molecule is CSc1ncc([C@H]2C(=O)N(C)C(N)=N[C@]2(C)c2cc(-c3cccc(C#N)c3)cs2)cn1. The van der Waals surface area contributed by atoms with Crippen LogP contribution in [0.25, 0.3) is 11.1 Å². The van der Waals surface area contributed by atoms with Gasteiger partial charge in [0, 0.05) is 29.9 Å². The molecule has 3 aromatic rings. The molecule has 0 unspecified atom stereocenters. The maximum Gasteiger partial charge on any atom is 0.239 e. The van der Waals surface area contributed by atoms with Gasteiger partial charge in [-0.1, -0.05) is 23.9 Å². The van der Waals surface area contributed by atoms with Gasteiger partial charge in [0.15, 0.2) is 11.1 Å². The summed E-state index contributed by atoms with van der Waals surface area (Å²) >= 11 is 2.95. The van der Waals surface area contributed by atoms with Crippen molar-refractivity contribution in [3.63, 3.8) is 0 Å². The van der Waals surface area contributed by atoms with Gasteiger partial charge in [-0.3, -0.25) is 9.69 Å². The molecule has 0 aliphatic carbocycles. The van der Waals surface area contributed by atoms with E-state index in [9.17, 15) is 10.1 Å². The van der Waals surface area contributed by atoms with E-state index >= 15 is 0 Å². The third-order valence-electron chi connectivity index (χ3n) is 5.42. The standard InChI is InChI=1S/C22H20N6OS2/c1-22(17-8-15(12-31-17)14-6-4-5-13(7-14)9-23)18(19(29)28(2)20(24)27-22)16-10-25-21(30-3)26-11-16/h4-8,10-12,18H,1-3H3,(H2,24,27)/t18-,22+/m0/s1. The normalized spacial score (nSPS) is 21.0. The first-order valence-electron chi connectivity index (χ1n) is 9.45. The fourth-order valence-electron chi connectivity index (χ4n) is 3.69. The van der Waals surface area contributed by atoms with Crippen LogP contribution in [0.5, 0.6) is 0 Å². The smallest absolute Gasteiger partial charge is 0.239 e. The monoisotopic (exact) mass is 448 g/mol. The van der Waals surface area contributed by atoms with E-state index in [0.29, 0.717) is 16.3 Å². The Balaban J connectivity index is 1.82. The number of rotatable bonds is 4. The molecule has 0 bridgehead atoms. The van der Waals surface area contributed by atoms with Gasteiger partial charge in [0.1, 0.15) is 5.54 Å². The highest BCUT2D eigenvalue weighted by molar-refractivity contribution is 7.98. The highest BCUT2D eigenvalue weighted by atomic mass is 32.2. The average Bonchev–Trinajstić information content (AvgIpc) is 3.29. The summed E-state index contributed by atoms with van der Waals surface area (Å²) in [6, 6.07) is 11.6. The number of aromatic nitrogens is 2. The number of carbonyl (C=O) groups excluding carboxylic acids is 1. The van der Waals surface area contributed by atoms with Crippen molar-refractivity contribution in [1.82, 2.24) is 14.9 Å². The average molecular weight is 449 g/mol. The molecule has 1 amide bonds. The summed E-state index contributed by atoms with van der Waals surface area (Å²) in [6.07, 6.45) is 5.28. The van der Waals surface area contributed by atoms with Crippen LogP contribution < -0.4 is 5.73 Å². The molecule has 7 nitrogen and oxygen atoms in total. The summed E-state index contributed by atoms with van der Waals surface area (Å²) in [4.78, 5) is 29.1. The van der Waals surface area contributed by atoms with Crippen molar-refractivity contribution in [3.8, 4) is 17.2 Å². The number of aliphatic imine (C=N–C) groups is 1. The molecule has 0 fully saturated rings. The zero-order chi connectivity index (χ0) is 22.2. The van der Waals surface area contributed by atoms with E-state index in [-0.39, 0.29) is 11.9 Å². The number of nitrogens with zero attached hydrogens (tertiary/aromatic N) is 5. The number of hydrogen-bond acceptors (Lipinski definition) is 8. The molecule has 0 radical (unpaired) electrons. The van der Waals surface area contributed by atoms with Gasteiger partial charge in [-0.05, 0) is 47.9 Å². The number of hydrogen-bond donors (Lipinski definition) is 1. The predicted octanol–water partition coefficient (Wildman–Crippen LogP) is 3.58. The molecule has 1 aliphatic heterocycles. The molecule has 2 aromatic heterocycles. The van der Waals surface area contributed by atoms with Gasteiger partial charge in [0.25, 0.3) is 0 Å². The summed E-state index contributed by atoms with van der Waals surface area (Å²) in [5.41, 5.74) is 8.39. The minimum absolute atomic E-state index is 0.156. The third-order valence-corrected chi connectivity index (χ3v) is 7.15. The molecular weight excluding hydrogens is 428 g/mol. The van der Waals surface area contributed by atoms with E-state index in [1.807, 2.05) is 42.8 Å². The van der Waals surface area contributed by atoms with Gasteiger partial charge >= 0.3 is 0 Å². The highest BCUT2D eigenvalue weighted by Gasteiger charge is 2.48. The van der Waals surface area contributed by atoms with Gasteiger partial charge in [0.05, 0.1) is 17.6 Å². The largest absolute Gasteiger partial charge is 0.369 e. The van der Waals surface area contributed by atoms with E-state index in [1.54, 1.807) is 25.5 Å². The zero-order valence-electron chi connectivity index (χ0n) is 17.2. The number of likely N-dealkylation sites (N-methyl/N-ethyl adjacent to an activating group) is 1. The van der Waals surface area contributed by atoms with Crippen LogP contribution in [-0.4, -0.2) is 40.0 Å². The van der Waals surface area contributed by atoms with Gasteiger partial charge < -0.3 is 5.73 Å². The number of nitriles is 1. The van der Waals surface area contributed by atoms with E-state index in [4.69, 9.17) is 10.7 Å². The Labute approximate surface area is 188 Å². The number of carbonyl (C=O) groups is 1. The summed E-state index contributed by atoms with van der Waals surface area (Å²) in [5, 5.41) is 11.9. The molecule has 3 heterocycles. The first-order valence-corrected chi connectivity index (χ1v) is 11.6. The number of amides is 1. The summed E-state index contributed by atoms with van der Waals surface area (Å²) in [7, 11) is 1.62. The minimum Gasteiger partial charge on any atom is -0.369 e. The maximum absolute atomic E-state index is 13.3. The van der Waals surface area contributed by atoms with Crippen LogP contribution in [0.2, 0.25) is 0 Å². The number of benzene rings is 1. The highest BCUT2D eigenvalue weighted by Crippen LogP contribution is 2.46. The van der Waals surface area contributed by atoms with Crippen molar-refractivity contribution in [3.05, 3.63) is 64.1 Å². The number of nitrogens with two attached hydrogens (primary N) is 1. The molecule has 0 saturated carbocycles. The Morgan fingerprint density at radius 1 is 1.26 bits per heavy atom. The summed E-state index contributed by atoms with van der Waals surface area (Å²) in [6.45, 7) is 1.92. The molecule has 156 valence electrons. The first kappa shape index (κ1) is 21.0. The third kappa shape index (κ3) is 3.69. The van der Waals surface area contributed by atoms with E-state index in [2.05, 4.69) is 16.0 Å². The van der Waals surface area contributed by atoms with Crippen LogP contribution in [0.4, 0.5) is 0 Å². The van der Waals surface area contributed by atoms with Gasteiger partial charge in [-0.15, -0.1) is 11.3 Å². The van der Waals surface area contributed by atoms with Gasteiger partial charge in [-0.2, -0.15) is 5.26 Å². The molecule has 1 aromatic carbocycles. The molecule has 9 heteroatoms. The Morgan fingerprint density at radius 2 is 2.00 bits per heavy atom. The second kappa shape index (κ2) is 8.13. The molecule has 2 atom stereocenters. The van der Waals surface area contributed by atoms with Crippen molar-refractivity contribution < 1.29 is 4.79 Å². The number of thioether (sulfide) groups is 1. The Kier molecular flexibility index (Phi) is 5.52. The van der Waals surface area contributed by atoms with E-state index in [1.165, 1.54) is 28.0 Å². The number of thiophene rings is 1. The van der Waals surface area contributed by atoms with E-state index < -0.39 is 11.5 Å². The second-order valence-corrected chi connectivity index (χ2v) is 9.03. The molecule has 0 spiro atoms. The van der Waals surface area contributed by atoms with Crippen LogP contribution >= 0.6 is 23.1 Å². The predicted molar refractivity (Wildman–Crippen MR) is 123 cm³/mol. The van der Waals surface area contributed by atoms with Crippen LogP contribution in [-0.2, 0) is 10.3 Å². The molecule has 0 saturated heterocycles. The lowest BCUT2D eigenvalue weighted by Crippen LogP contribution is -2.52. The fraction of sp³-hybridized carbons (Fsp3) is 0.227. The van der Waals surface area contributed by atoms with Crippen LogP contribution in [0, 0.1) is 11.3 Å². The Hall–Kier alpha value is -3.22. The van der Waals surface area contributed by atoms with Crippen molar-refractivity contribution in [2.24, 2.45) is 10.7 Å². The van der Waals surface area contributed by atoms with Crippen molar-refractivity contribution in [2.75, 3.05) is 13.3 Å². The Morgan fingerprint density at radius 3 is 2.68 bits per heavy atom. The molecule has 4 rings (SSSR count). The van der Waals surface area contributed by atoms with Crippen LogP contribution in [0.15, 0.2) is 58.3 Å². The van der Waals surface area contributed by atoms with Gasteiger partial charge in [0.2, 0.25) is 5.91 Å². The zero-order valence-corrected chi connectivity index (χ0v) is 18.9.